The van der Waals surface area contributed by atoms with Crippen LogP contribution in [0.2, 0.25) is 0 Å². The lowest BCUT2D eigenvalue weighted by Gasteiger charge is -2.42. The van der Waals surface area contributed by atoms with Gasteiger partial charge in [-0.3, -0.25) is 0 Å². The van der Waals surface area contributed by atoms with Gasteiger partial charge in [-0.05, 0) is 114 Å². The van der Waals surface area contributed by atoms with Gasteiger partial charge in [-0.15, -0.1) is 0 Å². The van der Waals surface area contributed by atoms with E-state index in [0.29, 0.717) is 5.41 Å². The van der Waals surface area contributed by atoms with Gasteiger partial charge in [-0.1, -0.05) is 116 Å². The highest BCUT2D eigenvalue weighted by atomic mass is 14.6. The van der Waals surface area contributed by atoms with Gasteiger partial charge in [0, 0.05) is 0 Å². The van der Waals surface area contributed by atoms with E-state index in [-0.39, 0.29) is 0 Å². The monoisotopic (exact) mass is 500 g/mol. The van der Waals surface area contributed by atoms with E-state index in [4.69, 9.17) is 0 Å². The van der Waals surface area contributed by atoms with Gasteiger partial charge in [0.2, 0.25) is 0 Å². The van der Waals surface area contributed by atoms with E-state index in [2.05, 4.69) is 84.0 Å². The highest BCUT2D eigenvalue weighted by Crippen LogP contribution is 2.64. The predicted octanol–water partition coefficient (Wildman–Crippen LogP) is 11.3. The van der Waals surface area contributed by atoms with Gasteiger partial charge in [0.05, 0.1) is 0 Å². The molecule has 37 heavy (non-hydrogen) atoms. The minimum atomic E-state index is 0.433. The predicted molar refractivity (Wildman–Crippen MR) is 162 cm³/mol. The van der Waals surface area contributed by atoms with Crippen molar-refractivity contribution in [3.8, 4) is 0 Å². The second-order valence-corrected chi connectivity index (χ2v) is 14.8. The average Bonchev–Trinajstić information content (AvgIpc) is 3.44. The van der Waals surface area contributed by atoms with Crippen LogP contribution in [-0.4, -0.2) is 0 Å². The summed E-state index contributed by atoms with van der Waals surface area (Å²) in [5.74, 6) is 8.31. The lowest BCUT2D eigenvalue weighted by Crippen LogP contribution is -2.33. The van der Waals surface area contributed by atoms with Gasteiger partial charge in [0.15, 0.2) is 0 Å². The van der Waals surface area contributed by atoms with Crippen LogP contribution in [0.15, 0.2) is 42.5 Å². The van der Waals surface area contributed by atoms with Crippen LogP contribution in [-0.2, 0) is 0 Å². The Bertz CT molecular complexity index is 983. The number of benzene rings is 2. The van der Waals surface area contributed by atoms with Crippen LogP contribution in [0.1, 0.15) is 124 Å². The van der Waals surface area contributed by atoms with E-state index in [1.54, 1.807) is 10.9 Å². The van der Waals surface area contributed by atoms with Crippen LogP contribution in [0.5, 0.6) is 0 Å². The Morgan fingerprint density at radius 3 is 1.84 bits per heavy atom. The van der Waals surface area contributed by atoms with Crippen molar-refractivity contribution in [1.29, 1.82) is 0 Å². The SMILES string of the molecule is CC1CC(C(C)(C)C)CC1[C@@H](c1cccc2ccccc12)C1C2CCCCC2C2CCCCC21.CCC. The Morgan fingerprint density at radius 1 is 0.730 bits per heavy atom. The molecule has 6 rings (SSSR count). The molecule has 0 radical (unpaired) electrons. The normalized spacial score (nSPS) is 36.4. The maximum absolute atomic E-state index is 2.63. The molecule has 4 aliphatic carbocycles. The molecule has 2 aromatic carbocycles. The van der Waals surface area contributed by atoms with Crippen LogP contribution in [0.25, 0.3) is 10.8 Å². The van der Waals surface area contributed by atoms with Gasteiger partial charge in [0.25, 0.3) is 0 Å². The Morgan fingerprint density at radius 2 is 1.27 bits per heavy atom. The van der Waals surface area contributed by atoms with Gasteiger partial charge in [-0.2, -0.15) is 0 Å². The molecule has 0 bridgehead atoms. The van der Waals surface area contributed by atoms with Crippen molar-refractivity contribution >= 4 is 10.8 Å². The lowest BCUT2D eigenvalue weighted by molar-refractivity contribution is 0.135. The molecule has 4 aliphatic rings. The molecule has 8 atom stereocenters. The van der Waals surface area contributed by atoms with E-state index >= 15 is 0 Å². The molecule has 0 nitrogen and oxygen atoms in total. The maximum Gasteiger partial charge on any atom is -0.00910 e. The van der Waals surface area contributed by atoms with E-state index in [1.165, 1.54) is 76.0 Å². The van der Waals surface area contributed by atoms with Crippen LogP contribution >= 0.6 is 0 Å². The van der Waals surface area contributed by atoms with Crippen LogP contribution in [0.3, 0.4) is 0 Å². The molecular formula is C37H56. The second-order valence-electron chi connectivity index (χ2n) is 14.8. The van der Waals surface area contributed by atoms with Crippen molar-refractivity contribution < 1.29 is 0 Å². The number of rotatable bonds is 3. The first kappa shape index (κ1) is 27.3. The van der Waals surface area contributed by atoms with Crippen molar-refractivity contribution in [2.75, 3.05) is 0 Å². The minimum absolute atomic E-state index is 0.433. The van der Waals surface area contributed by atoms with Crippen molar-refractivity contribution in [3.05, 3.63) is 48.0 Å². The first-order valence-corrected chi connectivity index (χ1v) is 16.3. The van der Waals surface area contributed by atoms with Crippen LogP contribution in [0.4, 0.5) is 0 Å². The zero-order valence-electron chi connectivity index (χ0n) is 25.0. The summed E-state index contributed by atoms with van der Waals surface area (Å²) in [6.07, 6.45) is 16.2. The standard InChI is InChI=1S/C34H48.C3H8/c1-22-20-24(34(2,3)4)21-31(22)33(28-19-11-13-23-12-5-6-14-25(23)28)32-29-17-9-7-15-26(29)27-16-8-10-18-30(27)32;1-3-2/h5-6,11-14,19,22,24,26-27,29-33H,7-10,15-18,20-21H2,1-4H3;3H2,1-2H3/t22?,24?,26?,27?,29?,30?,31?,32?,33-;/m1./s1. The molecule has 0 saturated heterocycles. The molecule has 0 heteroatoms. The highest BCUT2D eigenvalue weighted by Gasteiger charge is 2.56. The fourth-order valence-electron chi connectivity index (χ4n) is 10.00. The van der Waals surface area contributed by atoms with Crippen molar-refractivity contribution in [3.63, 3.8) is 0 Å². The number of hydrogen-bond donors (Lipinski definition) is 0. The molecule has 7 unspecified atom stereocenters. The molecule has 204 valence electrons. The summed E-state index contributed by atoms with van der Waals surface area (Å²) in [6.45, 7) is 14.4. The summed E-state index contributed by atoms with van der Waals surface area (Å²) in [7, 11) is 0. The third-order valence-corrected chi connectivity index (χ3v) is 11.5. The fraction of sp³-hybridized carbons (Fsp3) is 0.730. The zero-order valence-corrected chi connectivity index (χ0v) is 25.0. The van der Waals surface area contributed by atoms with Gasteiger partial charge < -0.3 is 0 Å². The molecule has 4 saturated carbocycles. The summed E-state index contributed by atoms with van der Waals surface area (Å²) in [6, 6.07) is 16.6. The third-order valence-electron chi connectivity index (χ3n) is 11.5. The van der Waals surface area contributed by atoms with E-state index in [0.717, 1.165) is 53.3 Å². The maximum atomic E-state index is 2.63. The Labute approximate surface area is 229 Å². The Hall–Kier alpha value is -1.30. The average molecular weight is 501 g/mol. The van der Waals surface area contributed by atoms with Crippen LogP contribution < -0.4 is 0 Å². The van der Waals surface area contributed by atoms with Crippen molar-refractivity contribution in [1.82, 2.24) is 0 Å². The first-order valence-electron chi connectivity index (χ1n) is 16.3. The van der Waals surface area contributed by atoms with E-state index < -0.39 is 0 Å². The topological polar surface area (TPSA) is 0 Å². The molecule has 0 N–H and O–H groups in total. The summed E-state index contributed by atoms with van der Waals surface area (Å²) in [4.78, 5) is 0. The summed E-state index contributed by atoms with van der Waals surface area (Å²) >= 11 is 0. The quantitative estimate of drug-likeness (QED) is 0.393. The third kappa shape index (κ3) is 5.30. The van der Waals surface area contributed by atoms with Gasteiger partial charge in [0.1, 0.15) is 0 Å². The zero-order chi connectivity index (χ0) is 26.2. The lowest BCUT2D eigenvalue weighted by atomic mass is 9.63. The Balaban J connectivity index is 0.000000892. The molecule has 0 amide bonds. The number of hydrogen-bond acceptors (Lipinski definition) is 0. The molecule has 0 heterocycles. The molecule has 0 spiro atoms. The molecule has 4 fully saturated rings. The molecular weight excluding hydrogens is 444 g/mol. The van der Waals surface area contributed by atoms with Gasteiger partial charge in [-0.25, -0.2) is 0 Å². The minimum Gasteiger partial charge on any atom is -0.0656 e. The number of fused-ring (bicyclic) bond motifs is 4. The van der Waals surface area contributed by atoms with Crippen molar-refractivity contribution in [2.24, 2.45) is 52.8 Å². The molecule has 0 aliphatic heterocycles. The summed E-state index contributed by atoms with van der Waals surface area (Å²) in [5, 5.41) is 3.02. The largest absolute Gasteiger partial charge is 0.0656 e. The summed E-state index contributed by atoms with van der Waals surface area (Å²) in [5.41, 5.74) is 2.16. The van der Waals surface area contributed by atoms with Crippen molar-refractivity contribution in [2.45, 2.75) is 118 Å². The highest BCUT2D eigenvalue weighted by molar-refractivity contribution is 5.86. The van der Waals surface area contributed by atoms with E-state index in [9.17, 15) is 0 Å². The smallest absolute Gasteiger partial charge is 0.00910 e. The van der Waals surface area contributed by atoms with Gasteiger partial charge >= 0.3 is 0 Å². The second kappa shape index (κ2) is 11.4. The van der Waals surface area contributed by atoms with E-state index in [1.807, 2.05) is 0 Å². The summed E-state index contributed by atoms with van der Waals surface area (Å²) < 4.78 is 0. The Kier molecular flexibility index (Phi) is 8.43. The fourth-order valence-corrected chi connectivity index (χ4v) is 10.00. The molecule has 0 aromatic heterocycles. The first-order chi connectivity index (χ1) is 17.8. The van der Waals surface area contributed by atoms with Crippen LogP contribution in [0, 0.1) is 52.8 Å². The molecule has 2 aromatic rings.